The van der Waals surface area contributed by atoms with Gasteiger partial charge in [-0.05, 0) is 71.6 Å². The van der Waals surface area contributed by atoms with Gasteiger partial charge in [0.05, 0.1) is 0 Å². The van der Waals surface area contributed by atoms with Crippen LogP contribution in [0.3, 0.4) is 0 Å². The van der Waals surface area contributed by atoms with E-state index < -0.39 is 0 Å². The Bertz CT molecular complexity index is 1320. The van der Waals surface area contributed by atoms with Gasteiger partial charge in [-0.15, -0.1) is 0 Å². The Morgan fingerprint density at radius 2 is 1.64 bits per heavy atom. The van der Waals surface area contributed by atoms with Crippen molar-refractivity contribution in [3.05, 3.63) is 102 Å². The maximum absolute atomic E-state index is 13.0. The Balaban J connectivity index is 1.25. The smallest absolute Gasteiger partial charge is 0.262 e. The number of carbonyl (C=O) groups is 2. The highest BCUT2D eigenvalue weighted by Crippen LogP contribution is 2.31. The van der Waals surface area contributed by atoms with Gasteiger partial charge >= 0.3 is 0 Å². The molecule has 1 heterocycles. The molecule has 5 rings (SSSR count). The van der Waals surface area contributed by atoms with E-state index in [1.54, 1.807) is 0 Å². The van der Waals surface area contributed by atoms with Crippen LogP contribution < -0.4 is 15.0 Å². The average molecular weight is 437 g/mol. The number of ether oxygens (including phenoxy) is 1. The SMILES string of the molecule is O=C(COc1ccc2ccccc2c1)Nc1ccc2c(c1)CCCN2C(=O)c1ccccc1. The number of aryl methyl sites for hydroxylation is 1. The summed E-state index contributed by atoms with van der Waals surface area (Å²) in [6.07, 6.45) is 1.75. The molecule has 0 atom stereocenters. The van der Waals surface area contributed by atoms with Gasteiger partial charge in [0.1, 0.15) is 5.75 Å². The Hall–Kier alpha value is -4.12. The quantitative estimate of drug-likeness (QED) is 0.453. The average Bonchev–Trinajstić information content (AvgIpc) is 2.87. The lowest BCUT2D eigenvalue weighted by Gasteiger charge is -2.30. The van der Waals surface area contributed by atoms with Crippen molar-refractivity contribution < 1.29 is 14.3 Å². The standard InChI is InChI=1S/C28H24N2O3/c31-27(19-33-25-14-12-20-7-4-5-10-22(20)18-25)29-24-13-15-26-23(17-24)11-6-16-30(26)28(32)21-8-2-1-3-9-21/h1-5,7-10,12-15,17-18H,6,11,16,19H2,(H,29,31). The lowest BCUT2D eigenvalue weighted by Crippen LogP contribution is -2.35. The van der Waals surface area contributed by atoms with Gasteiger partial charge in [0, 0.05) is 23.5 Å². The molecule has 0 saturated heterocycles. The maximum Gasteiger partial charge on any atom is 0.262 e. The van der Waals surface area contributed by atoms with E-state index in [4.69, 9.17) is 4.74 Å². The molecule has 0 aliphatic carbocycles. The minimum absolute atomic E-state index is 0.00267. The van der Waals surface area contributed by atoms with Crippen LogP contribution >= 0.6 is 0 Å². The predicted octanol–water partition coefficient (Wildman–Crippen LogP) is 5.45. The molecule has 5 nitrogen and oxygen atoms in total. The summed E-state index contributed by atoms with van der Waals surface area (Å²) in [7, 11) is 0. The fraction of sp³-hybridized carbons (Fsp3) is 0.143. The molecule has 0 saturated carbocycles. The molecule has 0 fully saturated rings. The Labute approximate surface area is 192 Å². The molecule has 0 bridgehead atoms. The number of nitrogens with zero attached hydrogens (tertiary/aromatic N) is 1. The van der Waals surface area contributed by atoms with Crippen LogP contribution in [-0.2, 0) is 11.2 Å². The summed E-state index contributed by atoms with van der Waals surface area (Å²) < 4.78 is 5.69. The Morgan fingerprint density at radius 3 is 2.48 bits per heavy atom. The fourth-order valence-corrected chi connectivity index (χ4v) is 4.23. The van der Waals surface area contributed by atoms with Gasteiger partial charge in [0.2, 0.25) is 0 Å². The van der Waals surface area contributed by atoms with Crippen LogP contribution in [0.4, 0.5) is 11.4 Å². The van der Waals surface area contributed by atoms with Crippen molar-refractivity contribution >= 4 is 34.0 Å². The summed E-state index contributed by atoms with van der Waals surface area (Å²) in [5.74, 6) is 0.428. The largest absolute Gasteiger partial charge is 0.484 e. The first-order valence-electron chi connectivity index (χ1n) is 11.1. The molecule has 0 radical (unpaired) electrons. The first-order chi connectivity index (χ1) is 16.2. The second-order valence-corrected chi connectivity index (χ2v) is 8.12. The molecule has 5 heteroatoms. The summed E-state index contributed by atoms with van der Waals surface area (Å²) in [4.78, 5) is 27.3. The van der Waals surface area contributed by atoms with Crippen LogP contribution in [0, 0.1) is 0 Å². The number of benzene rings is 4. The second-order valence-electron chi connectivity index (χ2n) is 8.12. The van der Waals surface area contributed by atoms with E-state index in [9.17, 15) is 9.59 Å². The lowest BCUT2D eigenvalue weighted by molar-refractivity contribution is -0.118. The van der Waals surface area contributed by atoms with Gasteiger partial charge < -0.3 is 15.0 Å². The topological polar surface area (TPSA) is 58.6 Å². The molecule has 2 amide bonds. The van der Waals surface area contributed by atoms with E-state index in [2.05, 4.69) is 5.32 Å². The van der Waals surface area contributed by atoms with E-state index in [1.807, 2.05) is 95.9 Å². The molecule has 164 valence electrons. The van der Waals surface area contributed by atoms with Crippen molar-refractivity contribution in [2.24, 2.45) is 0 Å². The van der Waals surface area contributed by atoms with E-state index in [0.717, 1.165) is 34.9 Å². The van der Waals surface area contributed by atoms with Crippen LogP contribution in [0.15, 0.2) is 91.0 Å². The minimum atomic E-state index is -0.226. The highest BCUT2D eigenvalue weighted by molar-refractivity contribution is 6.07. The van der Waals surface area contributed by atoms with Crippen molar-refractivity contribution in [1.82, 2.24) is 0 Å². The van der Waals surface area contributed by atoms with Crippen molar-refractivity contribution in [2.75, 3.05) is 23.4 Å². The van der Waals surface area contributed by atoms with Crippen LogP contribution in [0.1, 0.15) is 22.3 Å². The fourth-order valence-electron chi connectivity index (χ4n) is 4.23. The zero-order valence-corrected chi connectivity index (χ0v) is 18.2. The van der Waals surface area contributed by atoms with E-state index in [-0.39, 0.29) is 18.4 Å². The first kappa shape index (κ1) is 20.8. The third-order valence-corrected chi connectivity index (χ3v) is 5.84. The molecule has 0 aromatic heterocycles. The summed E-state index contributed by atoms with van der Waals surface area (Å²) in [6, 6.07) is 28.8. The number of amides is 2. The molecule has 1 aliphatic heterocycles. The zero-order valence-electron chi connectivity index (χ0n) is 18.2. The maximum atomic E-state index is 13.0. The highest BCUT2D eigenvalue weighted by Gasteiger charge is 2.23. The molecule has 1 aliphatic rings. The molecular formula is C28H24N2O3. The van der Waals surface area contributed by atoms with Crippen molar-refractivity contribution in [1.29, 1.82) is 0 Å². The Morgan fingerprint density at radius 1 is 0.848 bits per heavy atom. The van der Waals surface area contributed by atoms with E-state index in [1.165, 1.54) is 0 Å². The van der Waals surface area contributed by atoms with Crippen molar-refractivity contribution in [3.8, 4) is 5.75 Å². The number of fused-ring (bicyclic) bond motifs is 2. The monoisotopic (exact) mass is 436 g/mol. The number of anilines is 2. The highest BCUT2D eigenvalue weighted by atomic mass is 16.5. The molecule has 33 heavy (non-hydrogen) atoms. The van der Waals surface area contributed by atoms with Crippen molar-refractivity contribution in [2.45, 2.75) is 12.8 Å². The van der Waals surface area contributed by atoms with Crippen LogP contribution in [-0.4, -0.2) is 25.0 Å². The number of nitrogens with one attached hydrogen (secondary N) is 1. The molecule has 0 unspecified atom stereocenters. The normalized spacial score (nSPS) is 12.8. The third-order valence-electron chi connectivity index (χ3n) is 5.84. The molecule has 4 aromatic rings. The lowest BCUT2D eigenvalue weighted by atomic mass is 10.00. The van der Waals surface area contributed by atoms with E-state index in [0.29, 0.717) is 23.5 Å². The molecule has 4 aromatic carbocycles. The van der Waals surface area contributed by atoms with Gasteiger partial charge in [-0.2, -0.15) is 0 Å². The number of rotatable bonds is 5. The Kier molecular flexibility index (Phi) is 5.77. The molecule has 0 spiro atoms. The van der Waals surface area contributed by atoms with Gasteiger partial charge in [0.25, 0.3) is 11.8 Å². The molecule has 1 N–H and O–H groups in total. The number of hydrogen-bond donors (Lipinski definition) is 1. The predicted molar refractivity (Wildman–Crippen MR) is 131 cm³/mol. The van der Waals surface area contributed by atoms with E-state index >= 15 is 0 Å². The van der Waals surface area contributed by atoms with Gasteiger partial charge in [0.15, 0.2) is 6.61 Å². The summed E-state index contributed by atoms with van der Waals surface area (Å²) in [6.45, 7) is 0.611. The van der Waals surface area contributed by atoms with Gasteiger partial charge in [-0.3, -0.25) is 9.59 Å². The third kappa shape index (κ3) is 4.58. The second kappa shape index (κ2) is 9.17. The number of hydrogen-bond acceptors (Lipinski definition) is 3. The van der Waals surface area contributed by atoms with Crippen LogP contribution in [0.5, 0.6) is 5.75 Å². The summed E-state index contributed by atoms with van der Waals surface area (Å²) >= 11 is 0. The summed E-state index contributed by atoms with van der Waals surface area (Å²) in [5, 5.41) is 5.10. The summed E-state index contributed by atoms with van der Waals surface area (Å²) in [5.41, 5.74) is 3.34. The number of carbonyl (C=O) groups excluding carboxylic acids is 2. The van der Waals surface area contributed by atoms with Crippen LogP contribution in [0.2, 0.25) is 0 Å². The zero-order chi connectivity index (χ0) is 22.6. The van der Waals surface area contributed by atoms with Crippen molar-refractivity contribution in [3.63, 3.8) is 0 Å². The first-order valence-corrected chi connectivity index (χ1v) is 11.1. The van der Waals surface area contributed by atoms with Gasteiger partial charge in [-0.1, -0.05) is 48.5 Å². The molecular weight excluding hydrogens is 412 g/mol. The minimum Gasteiger partial charge on any atom is -0.484 e. The van der Waals surface area contributed by atoms with Gasteiger partial charge in [-0.25, -0.2) is 0 Å². The van der Waals surface area contributed by atoms with Crippen LogP contribution in [0.25, 0.3) is 10.8 Å².